The van der Waals surface area contributed by atoms with E-state index in [-0.39, 0.29) is 0 Å². The molecule has 0 spiro atoms. The normalized spacial score (nSPS) is 34.6. The van der Waals surface area contributed by atoms with Crippen molar-refractivity contribution < 1.29 is 124 Å². The van der Waals surface area contributed by atoms with E-state index in [4.69, 9.17) is 42.6 Å². The monoisotopic (exact) mass is 860 g/mol. The van der Waals surface area contributed by atoms with E-state index in [0.29, 0.717) is 0 Å². The van der Waals surface area contributed by atoms with E-state index in [9.17, 15) is 81.7 Å². The summed E-state index contributed by atoms with van der Waals surface area (Å²) in [5.41, 5.74) is 0. The van der Waals surface area contributed by atoms with Crippen molar-refractivity contribution in [2.45, 2.75) is 163 Å². The Kier molecular flexibility index (Phi) is 23.7. The lowest BCUT2D eigenvalue weighted by Gasteiger charge is -2.43. The molecule has 22 atom stereocenters. The molecule has 0 aliphatic carbocycles. The molecular formula is C33H64O25. The van der Waals surface area contributed by atoms with Crippen molar-refractivity contribution in [3.05, 3.63) is 0 Å². The second-order valence-electron chi connectivity index (χ2n) is 14.1. The van der Waals surface area contributed by atoms with Crippen LogP contribution in [0.1, 0.15) is 27.7 Å². The minimum Gasteiger partial charge on any atom is -0.394 e. The molecule has 0 amide bonds. The molecule has 0 radical (unpaired) electrons. The maximum absolute atomic E-state index is 11.0. The molecule has 58 heavy (non-hydrogen) atoms. The van der Waals surface area contributed by atoms with E-state index in [0.717, 1.165) is 0 Å². The number of hydrogen-bond donors (Lipinski definition) is 16. The molecule has 2 rings (SSSR count). The highest BCUT2D eigenvalue weighted by Crippen LogP contribution is 2.28. The zero-order chi connectivity index (χ0) is 44.0. The quantitative estimate of drug-likeness (QED) is 0.0341. The van der Waals surface area contributed by atoms with Gasteiger partial charge in [-0.25, -0.2) is 0 Å². The standard InChI is InChI=1S/C33H64O25/c1-12(39)29(49)54-20(7-36)17(42)11-51-32-27(48)28(23(44)14(3)52-32)58-30(13(2)40)55-21(8-37)18(43)10-50-31(56-19(6-35)16(41)5-34)15(4)53-33-26(47)25(46)24(45)22(9-38)57-33/h12-49H,5-11H2,1-4H3/t12-,13+,14?,15+,16-,17-,18-,19?,20?,21?,22?,23-,24+,25?,26+,27-,28?,29+,30-,31+,32+,33-/m0/s1. The summed E-state index contributed by atoms with van der Waals surface area (Å²) in [5, 5.41) is 162. The minimum atomic E-state index is -1.86. The summed E-state index contributed by atoms with van der Waals surface area (Å²) in [5.74, 6) is 0. The minimum absolute atomic E-state index is 0.668. The van der Waals surface area contributed by atoms with E-state index < -0.39 is 181 Å². The van der Waals surface area contributed by atoms with Crippen LogP contribution < -0.4 is 0 Å². The Morgan fingerprint density at radius 1 is 0.534 bits per heavy atom. The molecule has 0 aromatic rings. The van der Waals surface area contributed by atoms with Crippen molar-refractivity contribution >= 4 is 0 Å². The van der Waals surface area contributed by atoms with Gasteiger partial charge in [0.2, 0.25) is 0 Å². The Bertz CT molecular complexity index is 1090. The number of ether oxygens (including phenoxy) is 9. The molecule has 25 nitrogen and oxygen atoms in total. The molecule has 346 valence electrons. The summed E-state index contributed by atoms with van der Waals surface area (Å²) < 4.78 is 49.4. The number of hydrogen-bond acceptors (Lipinski definition) is 25. The molecule has 0 bridgehead atoms. The zero-order valence-electron chi connectivity index (χ0n) is 32.5. The summed E-state index contributed by atoms with van der Waals surface area (Å²) >= 11 is 0. The largest absolute Gasteiger partial charge is 0.394 e. The molecule has 2 fully saturated rings. The summed E-state index contributed by atoms with van der Waals surface area (Å²) in [6.07, 6.45) is -35.6. The summed E-state index contributed by atoms with van der Waals surface area (Å²) in [7, 11) is 0. The molecule has 16 N–H and O–H groups in total. The van der Waals surface area contributed by atoms with Crippen molar-refractivity contribution in [3.8, 4) is 0 Å². The Morgan fingerprint density at radius 3 is 1.62 bits per heavy atom. The van der Waals surface area contributed by atoms with Gasteiger partial charge in [0, 0.05) is 0 Å². The topological polar surface area (TPSA) is 407 Å². The van der Waals surface area contributed by atoms with Crippen LogP contribution in [0.3, 0.4) is 0 Å². The lowest BCUT2D eigenvalue weighted by molar-refractivity contribution is -0.343. The van der Waals surface area contributed by atoms with Crippen molar-refractivity contribution in [1.29, 1.82) is 0 Å². The van der Waals surface area contributed by atoms with Gasteiger partial charge in [-0.3, -0.25) is 0 Å². The van der Waals surface area contributed by atoms with Crippen LogP contribution in [0.5, 0.6) is 0 Å². The Balaban J connectivity index is 2.17. The van der Waals surface area contributed by atoms with Crippen LogP contribution in [0.4, 0.5) is 0 Å². The lowest BCUT2D eigenvalue weighted by atomic mass is 9.99. The maximum atomic E-state index is 11.0. The first-order chi connectivity index (χ1) is 27.3. The molecule has 2 aliphatic heterocycles. The molecule has 2 heterocycles. The average molecular weight is 861 g/mol. The SMILES string of the molecule is CC1O[C@@H](OC[C@H](O)C(CO)O[C@@H](O)[C@H](C)O)[C@@H](O)C(O[C@H](OC(CO)[C@@H](O)CO[C@H](OC(CO)[C@@H](O)CO)[C@@H](C)O[C@H]2OC(CO)[C@@H](O)C(O)[C@H]2O)[C@@H](C)O)[C@H]1O. The molecule has 25 heteroatoms. The van der Waals surface area contributed by atoms with E-state index in [1.165, 1.54) is 27.7 Å². The van der Waals surface area contributed by atoms with Crippen molar-refractivity contribution in [3.63, 3.8) is 0 Å². The second kappa shape index (κ2) is 25.8. The van der Waals surface area contributed by atoms with Gasteiger partial charge in [-0.2, -0.15) is 0 Å². The molecule has 2 saturated heterocycles. The number of rotatable bonds is 27. The van der Waals surface area contributed by atoms with Gasteiger partial charge >= 0.3 is 0 Å². The molecule has 7 unspecified atom stereocenters. The van der Waals surface area contributed by atoms with Crippen LogP contribution in [-0.4, -0.2) is 263 Å². The predicted molar refractivity (Wildman–Crippen MR) is 185 cm³/mol. The predicted octanol–water partition coefficient (Wildman–Crippen LogP) is -8.98. The molecule has 0 aromatic heterocycles. The third-order valence-corrected chi connectivity index (χ3v) is 9.27. The van der Waals surface area contributed by atoms with Gasteiger partial charge in [0.25, 0.3) is 0 Å². The highest BCUT2D eigenvalue weighted by Gasteiger charge is 2.48. The second-order valence-corrected chi connectivity index (χ2v) is 14.1. The van der Waals surface area contributed by atoms with E-state index in [1.54, 1.807) is 0 Å². The van der Waals surface area contributed by atoms with Gasteiger partial charge in [0.05, 0.1) is 52.4 Å². The van der Waals surface area contributed by atoms with E-state index >= 15 is 0 Å². The first kappa shape index (κ1) is 53.1. The average Bonchev–Trinajstić information content (AvgIpc) is 3.19. The van der Waals surface area contributed by atoms with Gasteiger partial charge in [0.15, 0.2) is 31.5 Å². The lowest BCUT2D eigenvalue weighted by Crippen LogP contribution is -2.60. The zero-order valence-corrected chi connectivity index (χ0v) is 32.5. The van der Waals surface area contributed by atoms with Crippen molar-refractivity contribution in [1.82, 2.24) is 0 Å². The maximum Gasteiger partial charge on any atom is 0.187 e. The van der Waals surface area contributed by atoms with Gasteiger partial charge in [-0.15, -0.1) is 0 Å². The molecule has 2 aliphatic rings. The van der Waals surface area contributed by atoms with Crippen molar-refractivity contribution in [2.75, 3.05) is 46.2 Å². The van der Waals surface area contributed by atoms with Crippen LogP contribution in [0.25, 0.3) is 0 Å². The van der Waals surface area contributed by atoms with Crippen LogP contribution >= 0.6 is 0 Å². The van der Waals surface area contributed by atoms with E-state index in [2.05, 4.69) is 0 Å². The highest BCUT2D eigenvalue weighted by molar-refractivity contribution is 4.91. The summed E-state index contributed by atoms with van der Waals surface area (Å²) in [4.78, 5) is 0. The van der Waals surface area contributed by atoms with Gasteiger partial charge in [-0.05, 0) is 27.7 Å². The fourth-order valence-electron chi connectivity index (χ4n) is 5.57. The van der Waals surface area contributed by atoms with Gasteiger partial charge < -0.3 is 124 Å². The highest BCUT2D eigenvalue weighted by atomic mass is 16.8. The van der Waals surface area contributed by atoms with Crippen LogP contribution in [0, 0.1) is 0 Å². The Morgan fingerprint density at radius 2 is 1.09 bits per heavy atom. The number of aliphatic hydroxyl groups is 16. The van der Waals surface area contributed by atoms with Gasteiger partial charge in [0.1, 0.15) is 97.7 Å². The third-order valence-electron chi connectivity index (χ3n) is 9.27. The molecular weight excluding hydrogens is 796 g/mol. The smallest absolute Gasteiger partial charge is 0.187 e. The molecule has 0 saturated carbocycles. The Labute approximate surface area is 333 Å². The first-order valence-corrected chi connectivity index (χ1v) is 18.6. The summed E-state index contributed by atoms with van der Waals surface area (Å²) in [6.45, 7) is -0.731. The van der Waals surface area contributed by atoms with E-state index in [1.807, 2.05) is 0 Å². The van der Waals surface area contributed by atoms with Crippen LogP contribution in [0.15, 0.2) is 0 Å². The fourth-order valence-corrected chi connectivity index (χ4v) is 5.57. The van der Waals surface area contributed by atoms with Crippen LogP contribution in [0.2, 0.25) is 0 Å². The van der Waals surface area contributed by atoms with Gasteiger partial charge in [-0.1, -0.05) is 0 Å². The number of aliphatic hydroxyl groups excluding tert-OH is 16. The summed E-state index contributed by atoms with van der Waals surface area (Å²) in [6, 6.07) is 0. The fraction of sp³-hybridized carbons (Fsp3) is 1.00. The Hall–Kier alpha value is -1.00. The molecule has 0 aromatic carbocycles. The van der Waals surface area contributed by atoms with Crippen molar-refractivity contribution in [2.24, 2.45) is 0 Å². The third kappa shape index (κ3) is 15.1. The van der Waals surface area contributed by atoms with Crippen LogP contribution in [-0.2, 0) is 42.6 Å². The first-order valence-electron chi connectivity index (χ1n) is 18.6.